The van der Waals surface area contributed by atoms with E-state index < -0.39 is 11.3 Å². The monoisotopic (exact) mass is 417 g/mol. The van der Waals surface area contributed by atoms with Crippen LogP contribution in [0.25, 0.3) is 0 Å². The number of hydrogen-bond donors (Lipinski definition) is 2. The molecule has 2 aromatic carbocycles. The van der Waals surface area contributed by atoms with Gasteiger partial charge in [-0.05, 0) is 35.9 Å². The highest BCUT2D eigenvalue weighted by atomic mass is 35.5. The van der Waals surface area contributed by atoms with Crippen LogP contribution >= 0.6 is 23.4 Å². The van der Waals surface area contributed by atoms with Crippen molar-refractivity contribution in [3.8, 4) is 0 Å². The van der Waals surface area contributed by atoms with Crippen molar-refractivity contribution in [2.45, 2.75) is 29.8 Å². The van der Waals surface area contributed by atoms with Gasteiger partial charge in [0.15, 0.2) is 5.82 Å². The minimum absolute atomic E-state index is 0.207. The molecule has 0 spiro atoms. The fourth-order valence-corrected chi connectivity index (χ4v) is 4.32. The number of aryl methyl sites for hydroxylation is 1. The van der Waals surface area contributed by atoms with Gasteiger partial charge in [0.25, 0.3) is 0 Å². The Bertz CT molecular complexity index is 1010. The number of benzene rings is 2. The lowest BCUT2D eigenvalue weighted by Gasteiger charge is -2.33. The molecule has 2 N–H and O–H groups in total. The van der Waals surface area contributed by atoms with Gasteiger partial charge >= 0.3 is 0 Å². The molecule has 3 aromatic rings. The summed E-state index contributed by atoms with van der Waals surface area (Å²) in [4.78, 5) is 13.1. The molecule has 0 aliphatic carbocycles. The summed E-state index contributed by atoms with van der Waals surface area (Å²) in [5, 5.41) is 11.9. The average molecular weight is 418 g/mol. The summed E-state index contributed by atoms with van der Waals surface area (Å²) in [5.74, 6) is 0.232. The summed E-state index contributed by atoms with van der Waals surface area (Å²) in [6, 6.07) is 12.7. The maximum atomic E-state index is 13.4. The highest BCUT2D eigenvalue weighted by molar-refractivity contribution is 8.00. The highest BCUT2D eigenvalue weighted by Gasteiger charge is 2.37. The molecule has 1 aliphatic rings. The predicted molar refractivity (Wildman–Crippen MR) is 108 cm³/mol. The van der Waals surface area contributed by atoms with Crippen LogP contribution in [0.1, 0.15) is 24.4 Å². The molecule has 144 valence electrons. The largest absolute Gasteiger partial charge is 0.325 e. The van der Waals surface area contributed by atoms with Gasteiger partial charge in [0.1, 0.15) is 11.1 Å². The molecule has 0 bridgehead atoms. The van der Waals surface area contributed by atoms with Crippen molar-refractivity contribution in [1.29, 1.82) is 0 Å². The standard InChI is InChI=1S/C19H17ClFN5OS/c1-2-15-23-24-19-26(15)25-16(11-6-8-13(21)9-7-11)17(28-19)18(27)22-14-5-3-4-12(20)10-14/h3-10,16-17,25H,2H2,1H3,(H,22,27)/t16-,17+/m1/s1. The van der Waals surface area contributed by atoms with Gasteiger partial charge in [-0.25, -0.2) is 9.07 Å². The first-order chi connectivity index (χ1) is 13.5. The summed E-state index contributed by atoms with van der Waals surface area (Å²) in [6.45, 7) is 1.98. The van der Waals surface area contributed by atoms with Crippen LogP contribution in [-0.4, -0.2) is 26.0 Å². The number of anilines is 1. The maximum absolute atomic E-state index is 13.4. The van der Waals surface area contributed by atoms with Gasteiger partial charge in [0.2, 0.25) is 11.1 Å². The van der Waals surface area contributed by atoms with Crippen molar-refractivity contribution >= 4 is 35.0 Å². The minimum atomic E-state index is -0.536. The molecule has 28 heavy (non-hydrogen) atoms. The highest BCUT2D eigenvalue weighted by Crippen LogP contribution is 2.37. The van der Waals surface area contributed by atoms with Crippen LogP contribution in [0.2, 0.25) is 5.02 Å². The number of rotatable bonds is 4. The van der Waals surface area contributed by atoms with Crippen LogP contribution in [0, 0.1) is 5.82 Å². The van der Waals surface area contributed by atoms with E-state index in [1.165, 1.54) is 23.9 Å². The zero-order chi connectivity index (χ0) is 19.7. The first-order valence-electron chi connectivity index (χ1n) is 8.74. The van der Waals surface area contributed by atoms with Gasteiger partial charge in [-0.3, -0.25) is 4.79 Å². The van der Waals surface area contributed by atoms with Gasteiger partial charge in [0.05, 0.1) is 6.04 Å². The fourth-order valence-electron chi connectivity index (χ4n) is 3.03. The zero-order valence-electron chi connectivity index (χ0n) is 14.9. The van der Waals surface area contributed by atoms with Crippen molar-refractivity contribution in [1.82, 2.24) is 14.9 Å². The Hall–Kier alpha value is -2.58. The van der Waals surface area contributed by atoms with Gasteiger partial charge in [-0.1, -0.05) is 48.5 Å². The zero-order valence-corrected chi connectivity index (χ0v) is 16.5. The van der Waals surface area contributed by atoms with Gasteiger partial charge in [-0.15, -0.1) is 10.2 Å². The lowest BCUT2D eigenvalue weighted by Crippen LogP contribution is -2.41. The quantitative estimate of drug-likeness (QED) is 0.670. The summed E-state index contributed by atoms with van der Waals surface area (Å²) in [7, 11) is 0. The molecular formula is C19H17ClFN5OS. The first-order valence-corrected chi connectivity index (χ1v) is 10.0. The lowest BCUT2D eigenvalue weighted by molar-refractivity contribution is -0.116. The van der Waals surface area contributed by atoms with E-state index in [2.05, 4.69) is 20.9 Å². The van der Waals surface area contributed by atoms with E-state index in [0.717, 1.165) is 11.4 Å². The number of carbonyl (C=O) groups excluding carboxylic acids is 1. The molecule has 0 radical (unpaired) electrons. The summed E-state index contributed by atoms with van der Waals surface area (Å²) >= 11 is 7.33. The number of halogens is 2. The second-order valence-electron chi connectivity index (χ2n) is 6.28. The van der Waals surface area contributed by atoms with Crippen molar-refractivity contribution in [3.05, 3.63) is 70.8 Å². The Morgan fingerprint density at radius 2 is 2.07 bits per heavy atom. The molecule has 1 amide bonds. The third-order valence-corrected chi connectivity index (χ3v) is 5.85. The molecule has 2 heterocycles. The molecule has 2 atom stereocenters. The molecule has 4 rings (SSSR count). The Morgan fingerprint density at radius 3 is 2.79 bits per heavy atom. The molecule has 1 aromatic heterocycles. The van der Waals surface area contributed by atoms with E-state index in [4.69, 9.17) is 11.6 Å². The van der Waals surface area contributed by atoms with E-state index >= 15 is 0 Å². The number of fused-ring (bicyclic) bond motifs is 1. The van der Waals surface area contributed by atoms with Crippen molar-refractivity contribution in [3.63, 3.8) is 0 Å². The van der Waals surface area contributed by atoms with Crippen LogP contribution in [0.4, 0.5) is 10.1 Å². The molecule has 0 saturated carbocycles. The second-order valence-corrected chi connectivity index (χ2v) is 7.83. The normalized spacial score (nSPS) is 18.2. The molecule has 0 saturated heterocycles. The number of hydrogen-bond acceptors (Lipinski definition) is 5. The third-order valence-electron chi connectivity index (χ3n) is 4.40. The van der Waals surface area contributed by atoms with Crippen LogP contribution in [0.5, 0.6) is 0 Å². The summed E-state index contributed by atoms with van der Waals surface area (Å²) in [6.07, 6.45) is 0.691. The first kappa shape index (κ1) is 18.8. The molecular weight excluding hydrogens is 401 g/mol. The molecule has 9 heteroatoms. The van der Waals surface area contributed by atoms with Gasteiger partial charge < -0.3 is 10.7 Å². The predicted octanol–water partition coefficient (Wildman–Crippen LogP) is 4.03. The van der Waals surface area contributed by atoms with Gasteiger partial charge in [0, 0.05) is 17.1 Å². The number of thioether (sulfide) groups is 1. The van der Waals surface area contributed by atoms with Crippen molar-refractivity contribution in [2.75, 3.05) is 10.7 Å². The number of carbonyl (C=O) groups is 1. The smallest absolute Gasteiger partial charge is 0.240 e. The molecule has 0 fully saturated rings. The number of aromatic nitrogens is 3. The van der Waals surface area contributed by atoms with Crippen molar-refractivity contribution in [2.24, 2.45) is 0 Å². The van der Waals surface area contributed by atoms with E-state index in [9.17, 15) is 9.18 Å². The van der Waals surface area contributed by atoms with Crippen LogP contribution in [0.15, 0.2) is 53.7 Å². The Labute approximate surface area is 170 Å². The van der Waals surface area contributed by atoms with Crippen LogP contribution in [0.3, 0.4) is 0 Å². The number of nitrogens with zero attached hydrogens (tertiary/aromatic N) is 3. The van der Waals surface area contributed by atoms with Crippen LogP contribution in [-0.2, 0) is 11.2 Å². The van der Waals surface area contributed by atoms with E-state index in [-0.39, 0.29) is 11.7 Å². The number of nitrogens with one attached hydrogen (secondary N) is 2. The minimum Gasteiger partial charge on any atom is -0.325 e. The SMILES string of the molecule is CCc1nnc2n1N[C@H](c1ccc(F)cc1)[C@@H](C(=O)Nc1cccc(Cl)c1)S2. The van der Waals surface area contributed by atoms with E-state index in [1.54, 1.807) is 41.1 Å². The average Bonchev–Trinajstić information content (AvgIpc) is 3.09. The third kappa shape index (κ3) is 3.70. The Morgan fingerprint density at radius 1 is 1.29 bits per heavy atom. The lowest BCUT2D eigenvalue weighted by atomic mass is 10.0. The second kappa shape index (κ2) is 7.81. The molecule has 0 unspecified atom stereocenters. The van der Waals surface area contributed by atoms with E-state index in [0.29, 0.717) is 22.3 Å². The Kier molecular flexibility index (Phi) is 5.23. The van der Waals surface area contributed by atoms with Crippen molar-refractivity contribution < 1.29 is 9.18 Å². The Balaban J connectivity index is 1.67. The molecule has 6 nitrogen and oxygen atoms in total. The van der Waals surface area contributed by atoms with Gasteiger partial charge in [-0.2, -0.15) is 0 Å². The summed E-state index contributed by atoms with van der Waals surface area (Å²) < 4.78 is 15.2. The fraction of sp³-hybridized carbons (Fsp3) is 0.211. The maximum Gasteiger partial charge on any atom is 0.240 e. The van der Waals surface area contributed by atoms with E-state index in [1.807, 2.05) is 6.92 Å². The molecule has 1 aliphatic heterocycles. The topological polar surface area (TPSA) is 71.8 Å². The summed E-state index contributed by atoms with van der Waals surface area (Å²) in [5.41, 5.74) is 4.72. The number of amides is 1. The van der Waals surface area contributed by atoms with Crippen LogP contribution < -0.4 is 10.7 Å².